The summed E-state index contributed by atoms with van der Waals surface area (Å²) in [7, 11) is 0. The summed E-state index contributed by atoms with van der Waals surface area (Å²) in [5.74, 6) is 0. The van der Waals surface area contributed by atoms with Crippen LogP contribution in [0.3, 0.4) is 0 Å². The average molecular weight is 183 g/mol. The van der Waals surface area contributed by atoms with E-state index in [9.17, 15) is 4.79 Å². The zero-order valence-corrected chi connectivity index (χ0v) is 7.88. The Hall–Kier alpha value is -0.770. The molecule has 0 atom stereocenters. The highest BCUT2D eigenvalue weighted by Gasteiger charge is 2.23. The molecule has 2 amide bonds. The molecule has 0 bridgehead atoms. The second kappa shape index (κ2) is 3.96. The Bertz CT molecular complexity index is 179. The molecule has 1 aliphatic heterocycles. The van der Waals surface area contributed by atoms with Gasteiger partial charge in [-0.1, -0.05) is 19.3 Å². The van der Waals surface area contributed by atoms with Crippen LogP contribution >= 0.6 is 0 Å². The van der Waals surface area contributed by atoms with Gasteiger partial charge in [0.1, 0.15) is 0 Å². The van der Waals surface area contributed by atoms with Gasteiger partial charge in [-0.2, -0.15) is 0 Å². The minimum atomic E-state index is -0.0351. The van der Waals surface area contributed by atoms with Crippen LogP contribution in [0.5, 0.6) is 0 Å². The van der Waals surface area contributed by atoms with Crippen LogP contribution in [0.4, 0.5) is 4.79 Å². The quantitative estimate of drug-likeness (QED) is 0.633. The van der Waals surface area contributed by atoms with Crippen molar-refractivity contribution in [2.75, 3.05) is 13.3 Å². The maximum atomic E-state index is 10.8. The van der Waals surface area contributed by atoms with Gasteiger partial charge >= 0.3 is 6.03 Å². The van der Waals surface area contributed by atoms with E-state index in [2.05, 4.69) is 15.5 Å². The van der Waals surface area contributed by atoms with Crippen molar-refractivity contribution in [3.63, 3.8) is 0 Å². The lowest BCUT2D eigenvalue weighted by Gasteiger charge is -2.36. The SMILES string of the molecule is O=C1NCN(C2CCCCC2)CN1. The third-order valence-corrected chi connectivity index (χ3v) is 2.98. The molecule has 1 aliphatic carbocycles. The molecule has 2 N–H and O–H groups in total. The van der Waals surface area contributed by atoms with Gasteiger partial charge in [0.25, 0.3) is 0 Å². The minimum absolute atomic E-state index is 0.0351. The molecule has 1 saturated heterocycles. The second-order valence-electron chi connectivity index (χ2n) is 3.88. The highest BCUT2D eigenvalue weighted by Crippen LogP contribution is 2.21. The van der Waals surface area contributed by atoms with E-state index >= 15 is 0 Å². The fourth-order valence-corrected chi connectivity index (χ4v) is 2.17. The third-order valence-electron chi connectivity index (χ3n) is 2.98. The molecule has 0 spiro atoms. The van der Waals surface area contributed by atoms with Gasteiger partial charge in [-0.25, -0.2) is 4.79 Å². The van der Waals surface area contributed by atoms with Gasteiger partial charge in [-0.05, 0) is 12.8 Å². The molecule has 4 heteroatoms. The van der Waals surface area contributed by atoms with Crippen LogP contribution in [0.1, 0.15) is 32.1 Å². The molecular weight excluding hydrogens is 166 g/mol. The summed E-state index contributed by atoms with van der Waals surface area (Å²) in [5.41, 5.74) is 0. The predicted octanol–water partition coefficient (Wildman–Crippen LogP) is 0.849. The molecule has 0 unspecified atom stereocenters. The minimum Gasteiger partial charge on any atom is -0.325 e. The highest BCUT2D eigenvalue weighted by atomic mass is 16.2. The summed E-state index contributed by atoms with van der Waals surface area (Å²) in [4.78, 5) is 13.2. The van der Waals surface area contributed by atoms with Crippen LogP contribution < -0.4 is 10.6 Å². The molecule has 1 saturated carbocycles. The van der Waals surface area contributed by atoms with Crippen LogP contribution in [0.25, 0.3) is 0 Å². The zero-order chi connectivity index (χ0) is 9.10. The number of carbonyl (C=O) groups is 1. The molecule has 2 rings (SSSR count). The van der Waals surface area contributed by atoms with Crippen molar-refractivity contribution in [1.29, 1.82) is 0 Å². The fourth-order valence-electron chi connectivity index (χ4n) is 2.17. The lowest BCUT2D eigenvalue weighted by Crippen LogP contribution is -2.57. The van der Waals surface area contributed by atoms with Gasteiger partial charge in [0.15, 0.2) is 0 Å². The highest BCUT2D eigenvalue weighted by molar-refractivity contribution is 5.74. The van der Waals surface area contributed by atoms with Crippen LogP contribution in [-0.4, -0.2) is 30.3 Å². The van der Waals surface area contributed by atoms with Crippen LogP contribution in [0.15, 0.2) is 0 Å². The van der Waals surface area contributed by atoms with E-state index in [1.54, 1.807) is 0 Å². The molecular formula is C9H17N3O. The molecule has 4 nitrogen and oxygen atoms in total. The van der Waals surface area contributed by atoms with Crippen molar-refractivity contribution in [3.8, 4) is 0 Å². The number of urea groups is 1. The summed E-state index contributed by atoms with van der Waals surface area (Å²) < 4.78 is 0. The number of nitrogens with one attached hydrogen (secondary N) is 2. The van der Waals surface area contributed by atoms with E-state index in [0.29, 0.717) is 6.04 Å². The molecule has 74 valence electrons. The molecule has 0 aromatic heterocycles. The van der Waals surface area contributed by atoms with Crippen molar-refractivity contribution >= 4 is 6.03 Å². The summed E-state index contributed by atoms with van der Waals surface area (Å²) in [6.45, 7) is 1.44. The maximum Gasteiger partial charge on any atom is 0.316 e. The number of carbonyl (C=O) groups excluding carboxylic acids is 1. The Morgan fingerprint density at radius 2 is 1.69 bits per heavy atom. The van der Waals surface area contributed by atoms with E-state index in [0.717, 1.165) is 13.3 Å². The van der Waals surface area contributed by atoms with E-state index in [4.69, 9.17) is 0 Å². The number of rotatable bonds is 1. The summed E-state index contributed by atoms with van der Waals surface area (Å²) in [5, 5.41) is 5.61. The molecule has 2 fully saturated rings. The van der Waals surface area contributed by atoms with Crippen molar-refractivity contribution in [1.82, 2.24) is 15.5 Å². The maximum absolute atomic E-state index is 10.8. The first-order valence-electron chi connectivity index (χ1n) is 5.12. The van der Waals surface area contributed by atoms with Gasteiger partial charge in [0.05, 0.1) is 13.3 Å². The number of hydrogen-bond acceptors (Lipinski definition) is 2. The van der Waals surface area contributed by atoms with Crippen molar-refractivity contribution < 1.29 is 4.79 Å². The topological polar surface area (TPSA) is 44.4 Å². The Morgan fingerprint density at radius 1 is 1.08 bits per heavy atom. The molecule has 1 heterocycles. The van der Waals surface area contributed by atoms with Crippen molar-refractivity contribution in [2.45, 2.75) is 38.1 Å². The van der Waals surface area contributed by atoms with E-state index in [1.165, 1.54) is 32.1 Å². The molecule has 13 heavy (non-hydrogen) atoms. The van der Waals surface area contributed by atoms with Crippen LogP contribution in [0, 0.1) is 0 Å². The summed E-state index contributed by atoms with van der Waals surface area (Å²) >= 11 is 0. The number of hydrogen-bond donors (Lipinski definition) is 2. The van der Waals surface area contributed by atoms with Gasteiger partial charge in [0, 0.05) is 6.04 Å². The van der Waals surface area contributed by atoms with Gasteiger partial charge in [-0.3, -0.25) is 4.90 Å². The average Bonchev–Trinajstić information content (AvgIpc) is 2.20. The first kappa shape index (κ1) is 8.81. The predicted molar refractivity (Wildman–Crippen MR) is 50.1 cm³/mol. The van der Waals surface area contributed by atoms with Gasteiger partial charge in [-0.15, -0.1) is 0 Å². The fraction of sp³-hybridized carbons (Fsp3) is 0.889. The molecule has 0 aromatic carbocycles. The van der Waals surface area contributed by atoms with E-state index in [1.807, 2.05) is 0 Å². The number of nitrogens with zero attached hydrogens (tertiary/aromatic N) is 1. The van der Waals surface area contributed by atoms with E-state index < -0.39 is 0 Å². The van der Waals surface area contributed by atoms with Crippen molar-refractivity contribution in [3.05, 3.63) is 0 Å². The Kier molecular flexibility index (Phi) is 2.68. The Labute approximate surface area is 78.7 Å². The summed E-state index contributed by atoms with van der Waals surface area (Å²) in [6.07, 6.45) is 6.64. The number of amides is 2. The Morgan fingerprint density at radius 3 is 2.31 bits per heavy atom. The standard InChI is InChI=1S/C9H17N3O/c13-9-10-6-12(7-11-9)8-4-2-1-3-5-8/h8H,1-7H2,(H2,10,11,13). The van der Waals surface area contributed by atoms with Crippen molar-refractivity contribution in [2.24, 2.45) is 0 Å². The lowest BCUT2D eigenvalue weighted by atomic mass is 9.94. The van der Waals surface area contributed by atoms with E-state index in [-0.39, 0.29) is 6.03 Å². The lowest BCUT2D eigenvalue weighted by molar-refractivity contribution is 0.118. The molecule has 0 radical (unpaired) electrons. The first-order valence-corrected chi connectivity index (χ1v) is 5.12. The van der Waals surface area contributed by atoms with Crippen LogP contribution in [0.2, 0.25) is 0 Å². The zero-order valence-electron chi connectivity index (χ0n) is 7.88. The normalized spacial score (nSPS) is 26.6. The molecule has 0 aromatic rings. The third kappa shape index (κ3) is 2.12. The first-order chi connectivity index (χ1) is 6.36. The Balaban J connectivity index is 1.82. The smallest absolute Gasteiger partial charge is 0.316 e. The monoisotopic (exact) mass is 183 g/mol. The largest absolute Gasteiger partial charge is 0.325 e. The summed E-state index contributed by atoms with van der Waals surface area (Å²) in [6, 6.07) is 0.647. The van der Waals surface area contributed by atoms with Gasteiger partial charge in [0.2, 0.25) is 0 Å². The second-order valence-corrected chi connectivity index (χ2v) is 3.88. The van der Waals surface area contributed by atoms with Crippen LogP contribution in [-0.2, 0) is 0 Å². The van der Waals surface area contributed by atoms with Gasteiger partial charge < -0.3 is 10.6 Å². The molecule has 2 aliphatic rings.